The molecular formula is C20H24N4O4S. The fraction of sp³-hybridized carbons (Fsp3) is 0.300. The third kappa shape index (κ3) is 5.33. The standard InChI is InChI=1S/C20H24N4O4S/c21-20(26)23-17-6-4-5-16(13-17)19(25)22-14-15-7-9-18(10-8-15)29(27,28)24-11-2-1-3-12-24/h4-10,13H,1-3,11-12,14H2,(H,22,25)(H3,21,23,26). The van der Waals surface area contributed by atoms with Gasteiger partial charge in [0, 0.05) is 30.9 Å². The van der Waals surface area contributed by atoms with E-state index in [1.807, 2.05) is 0 Å². The van der Waals surface area contributed by atoms with Gasteiger partial charge >= 0.3 is 6.03 Å². The normalized spacial score (nSPS) is 14.9. The zero-order chi connectivity index (χ0) is 20.9. The van der Waals surface area contributed by atoms with Gasteiger partial charge in [0.25, 0.3) is 5.91 Å². The number of amides is 3. The molecule has 2 aromatic carbocycles. The number of nitrogens with zero attached hydrogens (tertiary/aromatic N) is 1. The average Bonchev–Trinajstić information content (AvgIpc) is 2.72. The van der Waals surface area contributed by atoms with Crippen molar-refractivity contribution in [3.8, 4) is 0 Å². The predicted octanol–water partition coefficient (Wildman–Crippen LogP) is 2.28. The molecule has 1 aliphatic rings. The summed E-state index contributed by atoms with van der Waals surface area (Å²) in [6, 6.07) is 12.2. The topological polar surface area (TPSA) is 122 Å². The molecule has 0 radical (unpaired) electrons. The van der Waals surface area contributed by atoms with Crippen molar-refractivity contribution in [2.45, 2.75) is 30.7 Å². The number of urea groups is 1. The summed E-state index contributed by atoms with van der Waals surface area (Å²) in [7, 11) is -3.47. The summed E-state index contributed by atoms with van der Waals surface area (Å²) in [4.78, 5) is 23.5. The molecule has 0 atom stereocenters. The first-order valence-electron chi connectivity index (χ1n) is 9.40. The predicted molar refractivity (Wildman–Crippen MR) is 110 cm³/mol. The largest absolute Gasteiger partial charge is 0.351 e. The summed E-state index contributed by atoms with van der Waals surface area (Å²) >= 11 is 0. The number of carbonyl (C=O) groups excluding carboxylic acids is 2. The Morgan fingerprint density at radius 2 is 1.69 bits per heavy atom. The van der Waals surface area contributed by atoms with Gasteiger partial charge in [-0.05, 0) is 48.7 Å². The van der Waals surface area contributed by atoms with Crippen LogP contribution in [0.25, 0.3) is 0 Å². The molecule has 1 heterocycles. The van der Waals surface area contributed by atoms with Crippen molar-refractivity contribution in [1.29, 1.82) is 0 Å². The fourth-order valence-electron chi connectivity index (χ4n) is 3.20. The average molecular weight is 417 g/mol. The van der Waals surface area contributed by atoms with Gasteiger partial charge in [0.1, 0.15) is 0 Å². The minimum absolute atomic E-state index is 0.246. The van der Waals surface area contributed by atoms with Crippen LogP contribution in [0.2, 0.25) is 0 Å². The highest BCUT2D eigenvalue weighted by atomic mass is 32.2. The number of hydrogen-bond donors (Lipinski definition) is 3. The van der Waals surface area contributed by atoms with Crippen LogP contribution in [0.1, 0.15) is 35.2 Å². The van der Waals surface area contributed by atoms with E-state index in [1.165, 1.54) is 10.4 Å². The lowest BCUT2D eigenvalue weighted by atomic mass is 10.1. The third-order valence-corrected chi connectivity index (χ3v) is 6.63. The van der Waals surface area contributed by atoms with E-state index < -0.39 is 16.1 Å². The van der Waals surface area contributed by atoms with Crippen molar-refractivity contribution in [1.82, 2.24) is 9.62 Å². The Hall–Kier alpha value is -2.91. The lowest BCUT2D eigenvalue weighted by Gasteiger charge is -2.25. The molecule has 1 aliphatic heterocycles. The molecular weight excluding hydrogens is 392 g/mol. The highest BCUT2D eigenvalue weighted by Crippen LogP contribution is 2.21. The molecule has 0 aromatic heterocycles. The van der Waals surface area contributed by atoms with Gasteiger partial charge < -0.3 is 16.4 Å². The number of nitrogens with one attached hydrogen (secondary N) is 2. The smallest absolute Gasteiger partial charge is 0.316 e. The molecule has 2 aromatic rings. The molecule has 0 unspecified atom stereocenters. The van der Waals surface area contributed by atoms with Crippen LogP contribution >= 0.6 is 0 Å². The minimum atomic E-state index is -3.47. The number of rotatable bonds is 6. The van der Waals surface area contributed by atoms with Crippen LogP contribution < -0.4 is 16.4 Å². The fourth-order valence-corrected chi connectivity index (χ4v) is 4.72. The first kappa shape index (κ1) is 20.8. The molecule has 0 aliphatic carbocycles. The first-order valence-corrected chi connectivity index (χ1v) is 10.8. The number of hydrogen-bond acceptors (Lipinski definition) is 4. The van der Waals surface area contributed by atoms with E-state index in [4.69, 9.17) is 5.73 Å². The molecule has 3 rings (SSSR count). The molecule has 0 bridgehead atoms. The second-order valence-electron chi connectivity index (χ2n) is 6.86. The Labute approximate surface area is 170 Å². The van der Waals surface area contributed by atoms with Crippen molar-refractivity contribution < 1.29 is 18.0 Å². The zero-order valence-electron chi connectivity index (χ0n) is 15.9. The highest BCUT2D eigenvalue weighted by Gasteiger charge is 2.25. The molecule has 0 spiro atoms. The van der Waals surface area contributed by atoms with Gasteiger partial charge in [-0.1, -0.05) is 24.6 Å². The maximum atomic E-state index is 12.7. The van der Waals surface area contributed by atoms with Gasteiger partial charge in [-0.3, -0.25) is 4.79 Å². The molecule has 3 amide bonds. The maximum Gasteiger partial charge on any atom is 0.316 e. The summed E-state index contributed by atoms with van der Waals surface area (Å²) in [5.41, 5.74) is 6.66. The van der Waals surface area contributed by atoms with Crippen LogP contribution in [-0.2, 0) is 16.6 Å². The maximum absolute atomic E-state index is 12.7. The molecule has 154 valence electrons. The van der Waals surface area contributed by atoms with E-state index in [-0.39, 0.29) is 17.3 Å². The Morgan fingerprint density at radius 3 is 2.34 bits per heavy atom. The summed E-state index contributed by atoms with van der Waals surface area (Å²) in [6.45, 7) is 1.37. The van der Waals surface area contributed by atoms with Crippen LogP contribution in [0, 0.1) is 0 Å². The number of nitrogens with two attached hydrogens (primary N) is 1. The molecule has 9 heteroatoms. The van der Waals surface area contributed by atoms with Crippen molar-refractivity contribution in [2.75, 3.05) is 18.4 Å². The molecule has 1 saturated heterocycles. The number of carbonyl (C=O) groups is 2. The number of primary amides is 1. The van der Waals surface area contributed by atoms with Gasteiger partial charge in [-0.15, -0.1) is 0 Å². The first-order chi connectivity index (χ1) is 13.9. The van der Waals surface area contributed by atoms with Crippen LogP contribution in [-0.4, -0.2) is 37.8 Å². The monoisotopic (exact) mass is 416 g/mol. The summed E-state index contributed by atoms with van der Waals surface area (Å²) in [5.74, 6) is -0.317. The minimum Gasteiger partial charge on any atom is -0.351 e. The summed E-state index contributed by atoms with van der Waals surface area (Å²) < 4.78 is 26.9. The zero-order valence-corrected chi connectivity index (χ0v) is 16.7. The molecule has 1 fully saturated rings. The number of sulfonamides is 1. The Balaban J connectivity index is 1.61. The highest BCUT2D eigenvalue weighted by molar-refractivity contribution is 7.89. The van der Waals surface area contributed by atoms with E-state index in [2.05, 4.69) is 10.6 Å². The second-order valence-corrected chi connectivity index (χ2v) is 8.80. The van der Waals surface area contributed by atoms with Gasteiger partial charge in [0.05, 0.1) is 4.90 Å². The number of anilines is 1. The SMILES string of the molecule is NC(=O)Nc1cccc(C(=O)NCc2ccc(S(=O)(=O)N3CCCCC3)cc2)c1. The van der Waals surface area contributed by atoms with Gasteiger partial charge in [0.15, 0.2) is 0 Å². The molecule has 4 N–H and O–H groups in total. The second kappa shape index (κ2) is 9.06. The number of benzene rings is 2. The van der Waals surface area contributed by atoms with Crippen molar-refractivity contribution in [2.24, 2.45) is 5.73 Å². The van der Waals surface area contributed by atoms with Crippen LogP contribution in [0.15, 0.2) is 53.4 Å². The lowest BCUT2D eigenvalue weighted by molar-refractivity contribution is 0.0951. The quantitative estimate of drug-likeness (QED) is 0.669. The van der Waals surface area contributed by atoms with Crippen molar-refractivity contribution in [3.63, 3.8) is 0 Å². The van der Waals surface area contributed by atoms with Crippen LogP contribution in [0.3, 0.4) is 0 Å². The summed E-state index contributed by atoms with van der Waals surface area (Å²) in [6.07, 6.45) is 2.84. The van der Waals surface area contributed by atoms with Gasteiger partial charge in [0.2, 0.25) is 10.0 Å². The van der Waals surface area contributed by atoms with E-state index in [0.717, 1.165) is 24.8 Å². The molecule has 8 nitrogen and oxygen atoms in total. The van der Waals surface area contributed by atoms with Crippen LogP contribution in [0.5, 0.6) is 0 Å². The van der Waals surface area contributed by atoms with E-state index in [0.29, 0.717) is 24.3 Å². The van der Waals surface area contributed by atoms with Crippen LogP contribution in [0.4, 0.5) is 10.5 Å². The van der Waals surface area contributed by atoms with E-state index in [1.54, 1.807) is 42.5 Å². The Morgan fingerprint density at radius 1 is 1.00 bits per heavy atom. The van der Waals surface area contributed by atoms with Gasteiger partial charge in [-0.25, -0.2) is 13.2 Å². The Kier molecular flexibility index (Phi) is 6.50. The molecule has 0 saturated carbocycles. The lowest BCUT2D eigenvalue weighted by Crippen LogP contribution is -2.35. The number of piperidine rings is 1. The van der Waals surface area contributed by atoms with Crippen molar-refractivity contribution >= 4 is 27.6 Å². The van der Waals surface area contributed by atoms with Gasteiger partial charge in [-0.2, -0.15) is 4.31 Å². The van der Waals surface area contributed by atoms with E-state index in [9.17, 15) is 18.0 Å². The Bertz CT molecular complexity index is 984. The molecule has 29 heavy (non-hydrogen) atoms. The van der Waals surface area contributed by atoms with Crippen molar-refractivity contribution in [3.05, 3.63) is 59.7 Å². The van der Waals surface area contributed by atoms with E-state index >= 15 is 0 Å². The summed E-state index contributed by atoms with van der Waals surface area (Å²) in [5, 5.41) is 5.19. The third-order valence-electron chi connectivity index (χ3n) is 4.72.